The molecule has 1 aromatic rings. The average molecular weight is 207 g/mol. The third-order valence-corrected chi connectivity index (χ3v) is 2.03. The Balaban J connectivity index is 2.18. The maximum absolute atomic E-state index is 13.0. The maximum atomic E-state index is 13.0. The molecule has 0 N–H and O–H groups in total. The Morgan fingerprint density at radius 3 is 3.07 bits per heavy atom. The number of allylic oxidation sites excluding steroid dienone is 2. The molecule has 0 heterocycles. The Morgan fingerprint density at radius 2 is 2.33 bits per heavy atom. The lowest BCUT2D eigenvalue weighted by atomic mass is 10.2. The lowest BCUT2D eigenvalue weighted by Crippen LogP contribution is -1.98. The number of halogens is 1. The Kier molecular flexibility index (Phi) is 5.52. The molecule has 0 amide bonds. The van der Waals surface area contributed by atoms with Gasteiger partial charge in [0.05, 0.1) is 6.61 Å². The van der Waals surface area contributed by atoms with Crippen molar-refractivity contribution in [1.82, 2.24) is 0 Å². The number of unbranched alkanes of at least 4 members (excludes halogenated alkanes) is 2. The van der Waals surface area contributed by atoms with Crippen LogP contribution in [0.1, 0.15) is 26.2 Å². The van der Waals surface area contributed by atoms with E-state index >= 15 is 0 Å². The van der Waals surface area contributed by atoms with Gasteiger partial charge in [-0.3, -0.25) is 0 Å². The van der Waals surface area contributed by atoms with Crippen LogP contribution < -0.4 is 4.74 Å². The van der Waals surface area contributed by atoms with Gasteiger partial charge in [0.2, 0.25) is 0 Å². The predicted molar refractivity (Wildman–Crippen MR) is 59.4 cm³/mol. The van der Waals surface area contributed by atoms with Crippen LogP contribution in [0.3, 0.4) is 0 Å². The van der Waals surface area contributed by atoms with Crippen molar-refractivity contribution in [3.8, 4) is 5.75 Å². The summed E-state index contributed by atoms with van der Waals surface area (Å²) >= 11 is 0. The van der Waals surface area contributed by atoms with Crippen molar-refractivity contribution < 1.29 is 9.13 Å². The van der Waals surface area contributed by atoms with Gasteiger partial charge >= 0.3 is 0 Å². The van der Waals surface area contributed by atoms with Crippen molar-refractivity contribution in [1.29, 1.82) is 0 Å². The van der Waals surface area contributed by atoms with Crippen LogP contribution in [0.5, 0.6) is 5.75 Å². The fourth-order valence-corrected chi connectivity index (χ4v) is 1.23. The van der Waals surface area contributed by atoms with Crippen LogP contribution in [-0.4, -0.2) is 6.61 Å². The summed E-state index contributed by atoms with van der Waals surface area (Å²) in [6.07, 6.45) is 7.23. The summed E-state index contributed by atoms with van der Waals surface area (Å²) in [5, 5.41) is 0. The highest BCUT2D eigenvalue weighted by Crippen LogP contribution is 2.15. The smallest absolute Gasteiger partial charge is 0.172 e. The first-order valence-corrected chi connectivity index (χ1v) is 5.24. The topological polar surface area (TPSA) is 9.23 Å². The molecule has 81 valence electrons. The zero-order chi connectivity index (χ0) is 10.9. The number of hydrogen-bond acceptors (Lipinski definition) is 1. The molecule has 0 aliphatic rings. The minimum atomic E-state index is -0.411. The lowest BCUT2D eigenvalue weighted by molar-refractivity contribution is 0.292. The summed E-state index contributed by atoms with van der Waals surface area (Å²) in [5.41, 5.74) is 0. The van der Waals surface area contributed by atoms with Crippen LogP contribution in [0.25, 0.3) is 0 Å². The van der Waals surface area contributed by atoms with E-state index in [0.717, 1.165) is 19.3 Å². The van der Waals surface area contributed by atoms with E-state index in [9.17, 15) is 4.39 Å². The molecule has 1 rings (SSSR count). The first-order valence-electron chi connectivity index (χ1n) is 5.24. The van der Waals surface area contributed by atoms with E-state index in [-0.39, 0.29) is 0 Å². The van der Waals surface area contributed by atoms with E-state index in [4.69, 9.17) is 4.74 Å². The van der Waals surface area contributed by atoms with E-state index in [1.807, 2.05) is 13.0 Å². The third-order valence-electron chi connectivity index (χ3n) is 2.03. The van der Waals surface area contributed by atoms with Gasteiger partial charge in [0.15, 0.2) is 11.6 Å². The molecule has 2 heteroatoms. The van der Waals surface area contributed by atoms with Crippen molar-refractivity contribution >= 4 is 0 Å². The van der Waals surface area contributed by atoms with Crippen molar-refractivity contribution in [2.24, 2.45) is 0 Å². The minimum absolute atomic E-state index is 0.295. The zero-order valence-electron chi connectivity index (χ0n) is 9.00. The molecule has 0 saturated heterocycles. The SMILES string of the molecule is C/C=C/CCCCOc1ccc[c]c1F. The van der Waals surface area contributed by atoms with Crippen molar-refractivity contribution in [2.45, 2.75) is 26.2 Å². The first kappa shape index (κ1) is 11.8. The third kappa shape index (κ3) is 4.63. The molecule has 0 atom stereocenters. The van der Waals surface area contributed by atoms with Gasteiger partial charge in [0.1, 0.15) is 0 Å². The largest absolute Gasteiger partial charge is 0.490 e. The van der Waals surface area contributed by atoms with Gasteiger partial charge in [-0.25, -0.2) is 4.39 Å². The summed E-state index contributed by atoms with van der Waals surface area (Å²) in [5.74, 6) is -0.116. The van der Waals surface area contributed by atoms with E-state index in [0.29, 0.717) is 12.4 Å². The fourth-order valence-electron chi connectivity index (χ4n) is 1.23. The zero-order valence-corrected chi connectivity index (χ0v) is 9.00. The predicted octanol–water partition coefficient (Wildman–Crippen LogP) is 3.75. The van der Waals surface area contributed by atoms with E-state index < -0.39 is 5.82 Å². The van der Waals surface area contributed by atoms with Crippen LogP contribution in [-0.2, 0) is 0 Å². The molecule has 1 aromatic carbocycles. The molecule has 0 bridgehead atoms. The highest BCUT2D eigenvalue weighted by atomic mass is 19.1. The Hall–Kier alpha value is -1.31. The molecular weight excluding hydrogens is 191 g/mol. The van der Waals surface area contributed by atoms with E-state index in [2.05, 4.69) is 12.1 Å². The van der Waals surface area contributed by atoms with E-state index in [1.54, 1.807) is 12.1 Å². The molecule has 0 fully saturated rings. The lowest BCUT2D eigenvalue weighted by Gasteiger charge is -2.05. The first-order chi connectivity index (χ1) is 7.34. The number of hydrogen-bond donors (Lipinski definition) is 0. The second-order valence-electron chi connectivity index (χ2n) is 3.26. The van der Waals surface area contributed by atoms with Gasteiger partial charge in [-0.15, -0.1) is 0 Å². The van der Waals surface area contributed by atoms with Crippen LogP contribution in [0, 0.1) is 11.9 Å². The average Bonchev–Trinajstić information content (AvgIpc) is 2.25. The van der Waals surface area contributed by atoms with Crippen LogP contribution in [0.4, 0.5) is 4.39 Å². The van der Waals surface area contributed by atoms with Gasteiger partial charge in [-0.2, -0.15) is 0 Å². The molecule has 0 aromatic heterocycles. The summed E-state index contributed by atoms with van der Waals surface area (Å²) in [4.78, 5) is 0. The quantitative estimate of drug-likeness (QED) is 0.510. The summed E-state index contributed by atoms with van der Waals surface area (Å²) in [6.45, 7) is 2.57. The maximum Gasteiger partial charge on any atom is 0.172 e. The van der Waals surface area contributed by atoms with Gasteiger partial charge in [-0.1, -0.05) is 24.3 Å². The second-order valence-corrected chi connectivity index (χ2v) is 3.26. The molecule has 0 aliphatic carbocycles. The van der Waals surface area contributed by atoms with Gasteiger partial charge in [-0.05, 0) is 32.3 Å². The second kappa shape index (κ2) is 7.04. The molecule has 15 heavy (non-hydrogen) atoms. The number of benzene rings is 1. The van der Waals surface area contributed by atoms with Crippen molar-refractivity contribution in [3.05, 3.63) is 42.2 Å². The fraction of sp³-hybridized carbons (Fsp3) is 0.385. The molecule has 0 aliphatic heterocycles. The molecule has 0 saturated carbocycles. The van der Waals surface area contributed by atoms with Crippen LogP contribution >= 0.6 is 0 Å². The highest BCUT2D eigenvalue weighted by molar-refractivity contribution is 5.22. The molecule has 0 unspecified atom stereocenters. The Morgan fingerprint density at radius 1 is 1.47 bits per heavy atom. The molecule has 1 radical (unpaired) electrons. The monoisotopic (exact) mass is 207 g/mol. The summed E-state index contributed by atoms with van der Waals surface area (Å²) in [6, 6.07) is 7.34. The normalized spacial score (nSPS) is 10.8. The van der Waals surface area contributed by atoms with E-state index in [1.165, 1.54) is 6.07 Å². The Bertz CT molecular complexity index is 307. The molecule has 1 nitrogen and oxygen atoms in total. The minimum Gasteiger partial charge on any atom is -0.490 e. The molecule has 0 spiro atoms. The van der Waals surface area contributed by atoms with Crippen LogP contribution in [0.15, 0.2) is 30.4 Å². The Labute approximate surface area is 90.6 Å². The summed E-state index contributed by atoms with van der Waals surface area (Å²) in [7, 11) is 0. The number of rotatable bonds is 6. The number of ether oxygens (including phenoxy) is 1. The standard InChI is InChI=1S/C13H16FO/c1-2-3-4-5-8-11-15-13-10-7-6-9-12(13)14/h2-3,6-7,10H,4-5,8,11H2,1H3/b3-2+. The van der Waals surface area contributed by atoms with Crippen molar-refractivity contribution in [2.75, 3.05) is 6.61 Å². The van der Waals surface area contributed by atoms with Gasteiger partial charge in [0, 0.05) is 6.07 Å². The van der Waals surface area contributed by atoms with Crippen molar-refractivity contribution in [3.63, 3.8) is 0 Å². The molecular formula is C13H16FO. The van der Waals surface area contributed by atoms with Crippen LogP contribution in [0.2, 0.25) is 0 Å². The summed E-state index contributed by atoms with van der Waals surface area (Å²) < 4.78 is 18.3. The highest BCUT2D eigenvalue weighted by Gasteiger charge is 2.00. The van der Waals surface area contributed by atoms with Gasteiger partial charge < -0.3 is 4.74 Å². The van der Waals surface area contributed by atoms with Gasteiger partial charge in [0.25, 0.3) is 0 Å².